The number of aromatic nitrogens is 2. The van der Waals surface area contributed by atoms with Crippen molar-refractivity contribution in [1.82, 2.24) is 15.1 Å². The smallest absolute Gasteiger partial charge is 0.254 e. The minimum absolute atomic E-state index is 0.0449. The lowest BCUT2D eigenvalue weighted by Crippen LogP contribution is -2.24. The van der Waals surface area contributed by atoms with Gasteiger partial charge in [0.1, 0.15) is 0 Å². The normalized spacial score (nSPS) is 10.4. The van der Waals surface area contributed by atoms with Crippen molar-refractivity contribution in [2.45, 2.75) is 26.2 Å². The number of nitrogens with one attached hydrogen (secondary N) is 1. The Morgan fingerprint density at radius 3 is 2.81 bits per heavy atom. The molecule has 1 rings (SSSR count). The Hall–Kier alpha value is -1.03. The van der Waals surface area contributed by atoms with Crippen LogP contribution in [0.1, 0.15) is 35.3 Å². The van der Waals surface area contributed by atoms with Crippen molar-refractivity contribution in [2.75, 3.05) is 12.4 Å². The van der Waals surface area contributed by atoms with Crippen LogP contribution in [-0.2, 0) is 7.05 Å². The van der Waals surface area contributed by atoms with Gasteiger partial charge in [-0.3, -0.25) is 9.48 Å². The summed E-state index contributed by atoms with van der Waals surface area (Å²) in [6.07, 6.45) is 4.76. The van der Waals surface area contributed by atoms with E-state index < -0.39 is 0 Å². The van der Waals surface area contributed by atoms with Gasteiger partial charge in [-0.25, -0.2) is 0 Å². The molecule has 0 radical (unpaired) electrons. The van der Waals surface area contributed by atoms with Crippen LogP contribution in [-0.4, -0.2) is 28.1 Å². The van der Waals surface area contributed by atoms with Crippen LogP contribution in [0.25, 0.3) is 0 Å². The minimum atomic E-state index is -0.0449. The van der Waals surface area contributed by atoms with E-state index in [0.717, 1.165) is 25.0 Å². The third-order valence-electron chi connectivity index (χ3n) is 2.35. The van der Waals surface area contributed by atoms with Crippen LogP contribution in [0, 0.1) is 6.92 Å². The predicted octanol–water partition coefficient (Wildman–Crippen LogP) is 1.87. The molecule has 0 aliphatic heterocycles. The fraction of sp³-hybridized carbons (Fsp3) is 0.636. The lowest BCUT2D eigenvalue weighted by atomic mass is 10.2. The van der Waals surface area contributed by atoms with Gasteiger partial charge >= 0.3 is 0 Å². The van der Waals surface area contributed by atoms with Gasteiger partial charge in [0, 0.05) is 25.7 Å². The summed E-state index contributed by atoms with van der Waals surface area (Å²) in [7, 11) is 1.81. The molecule has 0 aliphatic rings. The first kappa shape index (κ1) is 13.0. The Balaban J connectivity index is 2.33. The average molecular weight is 244 g/mol. The van der Waals surface area contributed by atoms with Gasteiger partial charge < -0.3 is 5.32 Å². The Morgan fingerprint density at radius 2 is 2.25 bits per heavy atom. The zero-order valence-corrected chi connectivity index (χ0v) is 10.5. The molecule has 1 N–H and O–H groups in total. The van der Waals surface area contributed by atoms with E-state index in [0.29, 0.717) is 18.0 Å². The van der Waals surface area contributed by atoms with Crippen LogP contribution >= 0.6 is 11.6 Å². The molecule has 1 aromatic rings. The maximum Gasteiger partial charge on any atom is 0.254 e. The van der Waals surface area contributed by atoms with Gasteiger partial charge in [0.25, 0.3) is 5.91 Å². The molecule has 1 amide bonds. The van der Waals surface area contributed by atoms with Gasteiger partial charge in [-0.2, -0.15) is 5.10 Å². The lowest BCUT2D eigenvalue weighted by molar-refractivity contribution is 0.0952. The molecule has 0 saturated carbocycles. The summed E-state index contributed by atoms with van der Waals surface area (Å²) >= 11 is 5.56. The number of nitrogens with zero attached hydrogens (tertiary/aromatic N) is 2. The number of rotatable bonds is 6. The molecule has 5 heteroatoms. The summed E-state index contributed by atoms with van der Waals surface area (Å²) < 4.78 is 1.65. The molecule has 0 aromatic carbocycles. The van der Waals surface area contributed by atoms with Crippen LogP contribution in [0.15, 0.2) is 6.20 Å². The highest BCUT2D eigenvalue weighted by Gasteiger charge is 2.11. The molecule has 0 bridgehead atoms. The largest absolute Gasteiger partial charge is 0.352 e. The van der Waals surface area contributed by atoms with E-state index in [1.807, 2.05) is 14.0 Å². The number of alkyl halides is 1. The molecule has 0 spiro atoms. The highest BCUT2D eigenvalue weighted by molar-refractivity contribution is 6.17. The molecule has 0 atom stereocenters. The van der Waals surface area contributed by atoms with E-state index in [2.05, 4.69) is 10.4 Å². The molecule has 1 heterocycles. The first-order valence-corrected chi connectivity index (χ1v) is 6.03. The van der Waals surface area contributed by atoms with E-state index in [-0.39, 0.29) is 5.91 Å². The molecule has 0 fully saturated rings. The van der Waals surface area contributed by atoms with Crippen molar-refractivity contribution in [2.24, 2.45) is 7.05 Å². The van der Waals surface area contributed by atoms with Gasteiger partial charge in [0.05, 0.1) is 11.3 Å². The fourth-order valence-corrected chi connectivity index (χ4v) is 1.70. The Labute approximate surface area is 101 Å². The molecule has 0 aliphatic carbocycles. The summed E-state index contributed by atoms with van der Waals surface area (Å²) in [5, 5.41) is 7.00. The maximum atomic E-state index is 11.7. The van der Waals surface area contributed by atoms with Gasteiger partial charge in [0.15, 0.2) is 0 Å². The van der Waals surface area contributed by atoms with Crippen LogP contribution in [0.2, 0.25) is 0 Å². The molecular formula is C11H18ClN3O. The average Bonchev–Trinajstić information content (AvgIpc) is 2.57. The Bertz CT molecular complexity index is 349. The fourth-order valence-electron chi connectivity index (χ4n) is 1.52. The predicted molar refractivity (Wildman–Crippen MR) is 64.8 cm³/mol. The lowest BCUT2D eigenvalue weighted by Gasteiger charge is -2.03. The van der Waals surface area contributed by atoms with Crippen molar-refractivity contribution in [1.29, 1.82) is 0 Å². The third kappa shape index (κ3) is 3.85. The molecular weight excluding hydrogens is 226 g/mol. The summed E-state index contributed by atoms with van der Waals surface area (Å²) in [5.41, 5.74) is 1.42. The van der Waals surface area contributed by atoms with E-state index >= 15 is 0 Å². The van der Waals surface area contributed by atoms with Crippen molar-refractivity contribution < 1.29 is 4.79 Å². The summed E-state index contributed by atoms with van der Waals surface area (Å²) in [6, 6.07) is 0. The summed E-state index contributed by atoms with van der Waals surface area (Å²) in [4.78, 5) is 11.7. The SMILES string of the molecule is Cc1nn(C)cc1C(=O)NCCCCCCl. The highest BCUT2D eigenvalue weighted by Crippen LogP contribution is 2.04. The van der Waals surface area contributed by atoms with Crippen molar-refractivity contribution in [3.8, 4) is 0 Å². The number of hydrogen-bond acceptors (Lipinski definition) is 2. The number of hydrogen-bond donors (Lipinski definition) is 1. The number of aryl methyl sites for hydroxylation is 2. The topological polar surface area (TPSA) is 46.9 Å². The van der Waals surface area contributed by atoms with Crippen molar-refractivity contribution in [3.63, 3.8) is 0 Å². The van der Waals surface area contributed by atoms with E-state index in [1.54, 1.807) is 10.9 Å². The quantitative estimate of drug-likeness (QED) is 0.613. The van der Waals surface area contributed by atoms with E-state index in [9.17, 15) is 4.79 Å². The zero-order chi connectivity index (χ0) is 12.0. The van der Waals surface area contributed by atoms with E-state index in [1.165, 1.54) is 0 Å². The minimum Gasteiger partial charge on any atom is -0.352 e. The molecule has 4 nitrogen and oxygen atoms in total. The number of carbonyl (C=O) groups is 1. The van der Waals surface area contributed by atoms with Crippen molar-refractivity contribution >= 4 is 17.5 Å². The Morgan fingerprint density at radius 1 is 1.50 bits per heavy atom. The third-order valence-corrected chi connectivity index (χ3v) is 2.62. The van der Waals surface area contributed by atoms with Gasteiger partial charge in [-0.15, -0.1) is 11.6 Å². The van der Waals surface area contributed by atoms with Crippen LogP contribution < -0.4 is 5.32 Å². The van der Waals surface area contributed by atoms with Gasteiger partial charge in [0.2, 0.25) is 0 Å². The zero-order valence-electron chi connectivity index (χ0n) is 9.79. The Kier molecular flexibility index (Phi) is 5.32. The second kappa shape index (κ2) is 6.53. The van der Waals surface area contributed by atoms with Gasteiger partial charge in [-0.1, -0.05) is 6.42 Å². The monoisotopic (exact) mass is 243 g/mol. The van der Waals surface area contributed by atoms with E-state index in [4.69, 9.17) is 11.6 Å². The van der Waals surface area contributed by atoms with Crippen LogP contribution in [0.3, 0.4) is 0 Å². The van der Waals surface area contributed by atoms with Gasteiger partial charge in [-0.05, 0) is 19.8 Å². The summed E-state index contributed by atoms with van der Waals surface area (Å²) in [5.74, 6) is 0.645. The second-order valence-electron chi connectivity index (χ2n) is 3.81. The summed E-state index contributed by atoms with van der Waals surface area (Å²) in [6.45, 7) is 2.53. The molecule has 1 aromatic heterocycles. The van der Waals surface area contributed by atoms with Crippen LogP contribution in [0.5, 0.6) is 0 Å². The second-order valence-corrected chi connectivity index (χ2v) is 4.19. The molecule has 0 unspecified atom stereocenters. The molecule has 16 heavy (non-hydrogen) atoms. The van der Waals surface area contributed by atoms with Crippen molar-refractivity contribution in [3.05, 3.63) is 17.5 Å². The number of amides is 1. The molecule has 0 saturated heterocycles. The number of carbonyl (C=O) groups excluding carboxylic acids is 1. The number of halogens is 1. The molecule has 90 valence electrons. The standard InChI is InChI=1S/C11H18ClN3O/c1-9-10(8-15(2)14-9)11(16)13-7-5-3-4-6-12/h8H,3-7H2,1-2H3,(H,13,16). The van der Waals surface area contributed by atoms with Crippen LogP contribution in [0.4, 0.5) is 0 Å². The number of unbranched alkanes of at least 4 members (excludes halogenated alkanes) is 2. The first-order chi connectivity index (χ1) is 7.65. The first-order valence-electron chi connectivity index (χ1n) is 5.49. The maximum absolute atomic E-state index is 11.7. The highest BCUT2D eigenvalue weighted by atomic mass is 35.5.